The van der Waals surface area contributed by atoms with E-state index in [9.17, 15) is 5.11 Å². The molecule has 1 heterocycles. The van der Waals surface area contributed by atoms with Crippen molar-refractivity contribution in [3.05, 3.63) is 0 Å². The van der Waals surface area contributed by atoms with E-state index in [4.69, 9.17) is 4.74 Å². The second kappa shape index (κ2) is 6.55. The van der Waals surface area contributed by atoms with E-state index in [1.807, 2.05) is 0 Å². The SMILES string of the molecule is CC(C)C1CCC(O)C(CN2C[C@@H](C)O[C@@H](C)C2)C1. The molecule has 0 bridgehead atoms. The zero-order valence-corrected chi connectivity index (χ0v) is 13.0. The van der Waals surface area contributed by atoms with Crippen LogP contribution in [0.1, 0.15) is 47.0 Å². The molecule has 19 heavy (non-hydrogen) atoms. The summed E-state index contributed by atoms with van der Waals surface area (Å²) in [4.78, 5) is 2.50. The third kappa shape index (κ3) is 4.17. The third-order valence-electron chi connectivity index (χ3n) is 4.91. The van der Waals surface area contributed by atoms with Crippen molar-refractivity contribution in [3.63, 3.8) is 0 Å². The van der Waals surface area contributed by atoms with Gasteiger partial charge in [0.05, 0.1) is 18.3 Å². The Kier molecular flexibility index (Phi) is 5.27. The fourth-order valence-electron chi connectivity index (χ4n) is 3.85. The average Bonchev–Trinajstić information content (AvgIpc) is 2.30. The molecule has 1 saturated carbocycles. The van der Waals surface area contributed by atoms with Crippen molar-refractivity contribution in [2.24, 2.45) is 17.8 Å². The molecule has 3 unspecified atom stereocenters. The van der Waals surface area contributed by atoms with E-state index in [1.165, 1.54) is 12.8 Å². The first-order valence-electron chi connectivity index (χ1n) is 8.01. The van der Waals surface area contributed by atoms with Crippen LogP contribution in [0.2, 0.25) is 0 Å². The van der Waals surface area contributed by atoms with Gasteiger partial charge in [0, 0.05) is 19.6 Å². The van der Waals surface area contributed by atoms with Crippen LogP contribution < -0.4 is 0 Å². The molecule has 2 fully saturated rings. The Balaban J connectivity index is 1.89. The Hall–Kier alpha value is -0.120. The highest BCUT2D eigenvalue weighted by Gasteiger charge is 2.33. The van der Waals surface area contributed by atoms with Gasteiger partial charge < -0.3 is 9.84 Å². The molecule has 2 aliphatic rings. The van der Waals surface area contributed by atoms with Gasteiger partial charge in [-0.15, -0.1) is 0 Å². The number of hydrogen-bond acceptors (Lipinski definition) is 3. The highest BCUT2D eigenvalue weighted by Crippen LogP contribution is 2.34. The van der Waals surface area contributed by atoms with E-state index < -0.39 is 0 Å². The smallest absolute Gasteiger partial charge is 0.0678 e. The fourth-order valence-corrected chi connectivity index (χ4v) is 3.85. The maximum atomic E-state index is 10.3. The fraction of sp³-hybridized carbons (Fsp3) is 1.00. The van der Waals surface area contributed by atoms with Gasteiger partial charge in [0.15, 0.2) is 0 Å². The van der Waals surface area contributed by atoms with Crippen LogP contribution in [-0.4, -0.2) is 48.0 Å². The quantitative estimate of drug-likeness (QED) is 0.854. The summed E-state index contributed by atoms with van der Waals surface area (Å²) in [7, 11) is 0. The number of aliphatic hydroxyl groups is 1. The lowest BCUT2D eigenvalue weighted by Crippen LogP contribution is -2.49. The first-order valence-corrected chi connectivity index (χ1v) is 8.01. The summed E-state index contributed by atoms with van der Waals surface area (Å²) < 4.78 is 5.79. The van der Waals surface area contributed by atoms with Crippen molar-refractivity contribution >= 4 is 0 Å². The van der Waals surface area contributed by atoms with E-state index >= 15 is 0 Å². The summed E-state index contributed by atoms with van der Waals surface area (Å²) in [5.41, 5.74) is 0. The second-order valence-electron chi connectivity index (χ2n) is 7.12. The van der Waals surface area contributed by atoms with Crippen LogP contribution in [0, 0.1) is 17.8 Å². The summed E-state index contributed by atoms with van der Waals surface area (Å²) in [5, 5.41) is 10.3. The van der Waals surface area contributed by atoms with Gasteiger partial charge in [-0.2, -0.15) is 0 Å². The van der Waals surface area contributed by atoms with Crippen molar-refractivity contribution in [3.8, 4) is 0 Å². The normalized spacial score (nSPS) is 41.7. The third-order valence-corrected chi connectivity index (χ3v) is 4.91. The molecule has 2 rings (SSSR count). The molecule has 0 amide bonds. The van der Waals surface area contributed by atoms with Gasteiger partial charge in [-0.25, -0.2) is 0 Å². The van der Waals surface area contributed by atoms with Gasteiger partial charge in [-0.3, -0.25) is 4.90 Å². The Labute approximate surface area is 118 Å². The highest BCUT2D eigenvalue weighted by molar-refractivity contribution is 4.85. The first-order chi connectivity index (χ1) is 8.95. The molecule has 3 nitrogen and oxygen atoms in total. The molecule has 5 atom stereocenters. The number of nitrogens with zero attached hydrogens (tertiary/aromatic N) is 1. The lowest BCUT2D eigenvalue weighted by atomic mass is 9.74. The molecule has 1 N–H and O–H groups in total. The van der Waals surface area contributed by atoms with Gasteiger partial charge >= 0.3 is 0 Å². The van der Waals surface area contributed by atoms with E-state index in [1.54, 1.807) is 0 Å². The van der Waals surface area contributed by atoms with E-state index in [2.05, 4.69) is 32.6 Å². The minimum absolute atomic E-state index is 0.0940. The van der Waals surface area contributed by atoms with Crippen molar-refractivity contribution < 1.29 is 9.84 Å². The Morgan fingerprint density at radius 1 is 1.16 bits per heavy atom. The molecule has 0 aromatic carbocycles. The van der Waals surface area contributed by atoms with Gasteiger partial charge in [0.1, 0.15) is 0 Å². The zero-order chi connectivity index (χ0) is 14.0. The minimum atomic E-state index is -0.0940. The van der Waals surface area contributed by atoms with Crippen LogP contribution in [-0.2, 0) is 4.74 Å². The summed E-state index contributed by atoms with van der Waals surface area (Å²) in [6, 6.07) is 0. The summed E-state index contributed by atoms with van der Waals surface area (Å²) in [6.45, 7) is 12.0. The highest BCUT2D eigenvalue weighted by atomic mass is 16.5. The number of ether oxygens (including phenoxy) is 1. The van der Waals surface area contributed by atoms with Crippen molar-refractivity contribution in [2.75, 3.05) is 19.6 Å². The number of aliphatic hydroxyl groups excluding tert-OH is 1. The van der Waals surface area contributed by atoms with Gasteiger partial charge in [-0.05, 0) is 50.9 Å². The molecule has 0 spiro atoms. The van der Waals surface area contributed by atoms with E-state index in [0.717, 1.165) is 37.9 Å². The van der Waals surface area contributed by atoms with Gasteiger partial charge in [0.25, 0.3) is 0 Å². The van der Waals surface area contributed by atoms with Crippen LogP contribution in [0.4, 0.5) is 0 Å². The summed E-state index contributed by atoms with van der Waals surface area (Å²) >= 11 is 0. The molecule has 3 heteroatoms. The molecule has 112 valence electrons. The predicted molar refractivity (Wildman–Crippen MR) is 78.1 cm³/mol. The molecule has 1 saturated heterocycles. The maximum absolute atomic E-state index is 10.3. The number of morpholine rings is 1. The lowest BCUT2D eigenvalue weighted by Gasteiger charge is -2.41. The van der Waals surface area contributed by atoms with Gasteiger partial charge in [-0.1, -0.05) is 13.8 Å². The van der Waals surface area contributed by atoms with Crippen molar-refractivity contribution in [1.29, 1.82) is 0 Å². The van der Waals surface area contributed by atoms with Crippen LogP contribution in [0.5, 0.6) is 0 Å². The molecule has 0 aromatic heterocycles. The van der Waals surface area contributed by atoms with Crippen LogP contribution in [0.3, 0.4) is 0 Å². The molecule has 0 aromatic rings. The second-order valence-corrected chi connectivity index (χ2v) is 7.12. The minimum Gasteiger partial charge on any atom is -0.393 e. The molecular weight excluding hydrogens is 238 g/mol. The van der Waals surface area contributed by atoms with Crippen LogP contribution in [0.15, 0.2) is 0 Å². The largest absolute Gasteiger partial charge is 0.393 e. The van der Waals surface area contributed by atoms with Crippen LogP contribution in [0.25, 0.3) is 0 Å². The topological polar surface area (TPSA) is 32.7 Å². The van der Waals surface area contributed by atoms with Crippen LogP contribution >= 0.6 is 0 Å². The molecule has 1 aliphatic carbocycles. The molecule has 1 aliphatic heterocycles. The summed E-state index contributed by atoms with van der Waals surface area (Å²) in [6.07, 6.45) is 3.94. The summed E-state index contributed by atoms with van der Waals surface area (Å²) in [5.74, 6) is 2.00. The monoisotopic (exact) mass is 269 g/mol. The number of hydrogen-bond donors (Lipinski definition) is 1. The average molecular weight is 269 g/mol. The number of rotatable bonds is 3. The lowest BCUT2D eigenvalue weighted by molar-refractivity contribution is -0.0811. The Morgan fingerprint density at radius 3 is 2.37 bits per heavy atom. The van der Waals surface area contributed by atoms with E-state index in [-0.39, 0.29) is 6.10 Å². The van der Waals surface area contributed by atoms with Crippen molar-refractivity contribution in [1.82, 2.24) is 4.90 Å². The Bertz CT molecular complexity index is 272. The standard InChI is InChI=1S/C16H31NO2/c1-11(2)14-5-6-16(18)15(7-14)10-17-8-12(3)19-13(4)9-17/h11-16,18H,5-10H2,1-4H3/t12-,13+,14?,15?,16?. The van der Waals surface area contributed by atoms with Crippen molar-refractivity contribution in [2.45, 2.75) is 65.3 Å². The predicted octanol–water partition coefficient (Wildman–Crippen LogP) is 2.53. The van der Waals surface area contributed by atoms with E-state index in [0.29, 0.717) is 18.1 Å². The molecular formula is C16H31NO2. The first kappa shape index (κ1) is 15.3. The molecule has 0 radical (unpaired) electrons. The zero-order valence-electron chi connectivity index (χ0n) is 13.0. The maximum Gasteiger partial charge on any atom is 0.0678 e. The Morgan fingerprint density at radius 2 is 1.79 bits per heavy atom. The van der Waals surface area contributed by atoms with Gasteiger partial charge in [0.2, 0.25) is 0 Å².